The van der Waals surface area contributed by atoms with Crippen molar-refractivity contribution in [2.75, 3.05) is 33.3 Å². The van der Waals surface area contributed by atoms with E-state index in [1.807, 2.05) is 12.1 Å². The number of nitrogens with two attached hydrogens (primary N) is 1. The fourth-order valence-electron chi connectivity index (χ4n) is 4.33. The lowest BCUT2D eigenvalue weighted by molar-refractivity contribution is -0.126. The first-order chi connectivity index (χ1) is 12.2. The van der Waals surface area contributed by atoms with E-state index < -0.39 is 0 Å². The molecule has 1 aliphatic heterocycles. The summed E-state index contributed by atoms with van der Waals surface area (Å²) in [5, 5.41) is 3.23. The van der Waals surface area contributed by atoms with E-state index in [4.69, 9.17) is 10.5 Å². The number of methoxy groups -OCH3 is 1. The smallest absolute Gasteiger partial charge is 0.223 e. The largest absolute Gasteiger partial charge is 0.497 e. The second-order valence-electron chi connectivity index (χ2n) is 7.31. The van der Waals surface area contributed by atoms with Crippen LogP contribution in [0, 0.1) is 11.8 Å². The van der Waals surface area contributed by atoms with Gasteiger partial charge in [0.15, 0.2) is 0 Å². The third-order valence-corrected chi connectivity index (χ3v) is 5.85. The van der Waals surface area contributed by atoms with Gasteiger partial charge in [0, 0.05) is 12.5 Å². The van der Waals surface area contributed by atoms with Gasteiger partial charge in [-0.1, -0.05) is 18.6 Å². The standard InChI is InChI=1S/C20H31N3O2/c1-25-17-9-7-15(8-10-17)19(23-11-2-3-12-23)14-22-20(24)18-6-4-5-16(18)13-21/h7-10,16,18-19H,2-6,11-14,21H2,1H3,(H,22,24)/t16-,18-,19?/m1/s1. The molecular formula is C20H31N3O2. The predicted molar refractivity (Wildman–Crippen MR) is 99.4 cm³/mol. The summed E-state index contributed by atoms with van der Waals surface area (Å²) in [6.45, 7) is 3.48. The number of nitrogens with zero attached hydrogens (tertiary/aromatic N) is 1. The summed E-state index contributed by atoms with van der Waals surface area (Å²) in [7, 11) is 1.68. The molecule has 2 fully saturated rings. The molecule has 0 aromatic heterocycles. The van der Waals surface area contributed by atoms with Crippen molar-refractivity contribution in [3.63, 3.8) is 0 Å². The highest BCUT2D eigenvalue weighted by molar-refractivity contribution is 5.79. The number of hydrogen-bond donors (Lipinski definition) is 2. The molecule has 3 atom stereocenters. The minimum absolute atomic E-state index is 0.0973. The number of ether oxygens (including phenoxy) is 1. The monoisotopic (exact) mass is 345 g/mol. The van der Waals surface area contributed by atoms with E-state index >= 15 is 0 Å². The van der Waals surface area contributed by atoms with E-state index in [0.717, 1.165) is 38.1 Å². The van der Waals surface area contributed by atoms with Gasteiger partial charge < -0.3 is 15.8 Å². The van der Waals surface area contributed by atoms with Crippen LogP contribution in [0.1, 0.15) is 43.7 Å². The molecule has 1 saturated heterocycles. The number of rotatable bonds is 7. The number of carbonyl (C=O) groups excluding carboxylic acids is 1. The average Bonchev–Trinajstić information content (AvgIpc) is 3.34. The van der Waals surface area contributed by atoms with Gasteiger partial charge in [-0.25, -0.2) is 0 Å². The molecule has 1 aromatic rings. The first-order valence-corrected chi connectivity index (χ1v) is 9.58. The molecule has 0 spiro atoms. The maximum Gasteiger partial charge on any atom is 0.223 e. The number of carbonyl (C=O) groups is 1. The molecule has 1 heterocycles. The normalized spacial score (nSPS) is 25.0. The summed E-state index contributed by atoms with van der Waals surface area (Å²) in [6.07, 6.45) is 5.65. The summed E-state index contributed by atoms with van der Waals surface area (Å²) in [4.78, 5) is 15.1. The Morgan fingerprint density at radius 2 is 1.96 bits per heavy atom. The quantitative estimate of drug-likeness (QED) is 0.796. The van der Waals surface area contributed by atoms with E-state index in [9.17, 15) is 4.79 Å². The lowest BCUT2D eigenvalue weighted by Crippen LogP contribution is -2.40. The number of amides is 1. The number of benzene rings is 1. The van der Waals surface area contributed by atoms with Crippen molar-refractivity contribution in [3.8, 4) is 5.75 Å². The minimum atomic E-state index is 0.0973. The van der Waals surface area contributed by atoms with E-state index in [1.54, 1.807) is 7.11 Å². The van der Waals surface area contributed by atoms with E-state index in [1.165, 1.54) is 18.4 Å². The molecule has 3 rings (SSSR count). The highest BCUT2D eigenvalue weighted by Crippen LogP contribution is 2.31. The van der Waals surface area contributed by atoms with Crippen LogP contribution in [0.25, 0.3) is 0 Å². The lowest BCUT2D eigenvalue weighted by atomic mass is 9.95. The van der Waals surface area contributed by atoms with Crippen LogP contribution >= 0.6 is 0 Å². The molecule has 0 radical (unpaired) electrons. The van der Waals surface area contributed by atoms with Gasteiger partial charge in [0.1, 0.15) is 5.75 Å². The Balaban J connectivity index is 1.66. The topological polar surface area (TPSA) is 67.6 Å². The number of nitrogens with one attached hydrogen (secondary N) is 1. The Hall–Kier alpha value is -1.59. The van der Waals surface area contributed by atoms with Gasteiger partial charge in [0.2, 0.25) is 5.91 Å². The van der Waals surface area contributed by atoms with Crippen molar-refractivity contribution < 1.29 is 9.53 Å². The Morgan fingerprint density at radius 1 is 1.24 bits per heavy atom. The maximum atomic E-state index is 12.7. The van der Waals surface area contributed by atoms with Crippen LogP contribution in [0.2, 0.25) is 0 Å². The molecule has 0 bridgehead atoms. The van der Waals surface area contributed by atoms with Crippen LogP contribution in [0.3, 0.4) is 0 Å². The second-order valence-corrected chi connectivity index (χ2v) is 7.31. The summed E-state index contributed by atoms with van der Waals surface area (Å²) < 4.78 is 5.27. The molecule has 25 heavy (non-hydrogen) atoms. The highest BCUT2D eigenvalue weighted by atomic mass is 16.5. The molecular weight excluding hydrogens is 314 g/mol. The molecule has 1 unspecified atom stereocenters. The van der Waals surface area contributed by atoms with Gasteiger partial charge in [0.25, 0.3) is 0 Å². The van der Waals surface area contributed by atoms with Crippen LogP contribution in [0.15, 0.2) is 24.3 Å². The van der Waals surface area contributed by atoms with E-state index in [2.05, 4.69) is 22.3 Å². The molecule has 1 amide bonds. The zero-order valence-corrected chi connectivity index (χ0v) is 15.2. The van der Waals surface area contributed by atoms with Crippen molar-refractivity contribution >= 4 is 5.91 Å². The molecule has 1 aromatic carbocycles. The van der Waals surface area contributed by atoms with Crippen molar-refractivity contribution in [2.45, 2.75) is 38.1 Å². The van der Waals surface area contributed by atoms with Crippen molar-refractivity contribution in [1.82, 2.24) is 10.2 Å². The maximum absolute atomic E-state index is 12.7. The fourth-order valence-corrected chi connectivity index (χ4v) is 4.33. The molecule has 5 heteroatoms. The van der Waals surface area contributed by atoms with E-state index in [0.29, 0.717) is 19.0 Å². The average molecular weight is 345 g/mol. The molecule has 1 saturated carbocycles. The van der Waals surface area contributed by atoms with Gasteiger partial charge in [-0.05, 0) is 68.9 Å². The molecule has 3 N–H and O–H groups in total. The zero-order valence-electron chi connectivity index (χ0n) is 15.2. The third kappa shape index (κ3) is 4.33. The summed E-state index contributed by atoms with van der Waals surface area (Å²) in [5.74, 6) is 1.50. The van der Waals surface area contributed by atoms with Crippen molar-refractivity contribution in [2.24, 2.45) is 17.6 Å². The first kappa shape index (κ1) is 18.2. The number of hydrogen-bond acceptors (Lipinski definition) is 4. The van der Waals surface area contributed by atoms with Crippen LogP contribution in [0.5, 0.6) is 5.75 Å². The number of likely N-dealkylation sites (tertiary alicyclic amines) is 1. The summed E-state index contributed by atoms with van der Waals surface area (Å²) >= 11 is 0. The third-order valence-electron chi connectivity index (χ3n) is 5.85. The van der Waals surface area contributed by atoms with Gasteiger partial charge in [-0.2, -0.15) is 0 Å². The summed E-state index contributed by atoms with van der Waals surface area (Å²) in [6, 6.07) is 8.47. The Labute approximate surface area is 150 Å². The Kier molecular flexibility index (Phi) is 6.32. The van der Waals surface area contributed by atoms with Gasteiger partial charge >= 0.3 is 0 Å². The Morgan fingerprint density at radius 3 is 2.60 bits per heavy atom. The van der Waals surface area contributed by atoms with Crippen LogP contribution in [0.4, 0.5) is 0 Å². The van der Waals surface area contributed by atoms with Crippen LogP contribution < -0.4 is 15.8 Å². The van der Waals surface area contributed by atoms with Gasteiger partial charge in [-0.3, -0.25) is 9.69 Å². The van der Waals surface area contributed by atoms with E-state index in [-0.39, 0.29) is 17.9 Å². The molecule has 1 aliphatic carbocycles. The van der Waals surface area contributed by atoms with Gasteiger partial charge in [-0.15, -0.1) is 0 Å². The summed E-state index contributed by atoms with van der Waals surface area (Å²) in [5.41, 5.74) is 7.08. The second kappa shape index (κ2) is 8.68. The minimum Gasteiger partial charge on any atom is -0.497 e. The van der Waals surface area contributed by atoms with Crippen LogP contribution in [-0.2, 0) is 4.79 Å². The molecule has 138 valence electrons. The first-order valence-electron chi connectivity index (χ1n) is 9.58. The lowest BCUT2D eigenvalue weighted by Gasteiger charge is -2.29. The highest BCUT2D eigenvalue weighted by Gasteiger charge is 2.32. The van der Waals surface area contributed by atoms with Crippen molar-refractivity contribution in [3.05, 3.63) is 29.8 Å². The predicted octanol–water partition coefficient (Wildman–Crippen LogP) is 2.32. The fraction of sp³-hybridized carbons (Fsp3) is 0.650. The molecule has 5 nitrogen and oxygen atoms in total. The Bertz CT molecular complexity index is 555. The SMILES string of the molecule is COc1ccc(C(CNC(=O)[C@@H]2CCC[C@@H]2CN)N2CCCC2)cc1. The van der Waals surface area contributed by atoms with Crippen molar-refractivity contribution in [1.29, 1.82) is 0 Å². The van der Waals surface area contributed by atoms with Gasteiger partial charge in [0.05, 0.1) is 13.2 Å². The molecule has 2 aliphatic rings. The zero-order chi connectivity index (χ0) is 17.6. The van der Waals surface area contributed by atoms with Crippen LogP contribution in [-0.4, -0.2) is 44.1 Å².